The van der Waals surface area contributed by atoms with Crippen LogP contribution in [0.3, 0.4) is 0 Å². The molecule has 0 atom stereocenters. The number of hydrogen-bond donors (Lipinski definition) is 0. The summed E-state index contributed by atoms with van der Waals surface area (Å²) in [6.07, 6.45) is 6.72. The van der Waals surface area contributed by atoms with Crippen LogP contribution in [-0.4, -0.2) is 33.9 Å². The zero-order chi connectivity index (χ0) is 22.7. The lowest BCUT2D eigenvalue weighted by molar-refractivity contribution is -0.402. The van der Waals surface area contributed by atoms with E-state index in [9.17, 15) is 19.3 Å². The summed E-state index contributed by atoms with van der Waals surface area (Å²) in [7, 11) is 0. The highest BCUT2D eigenvalue weighted by Gasteiger charge is 2.25. The van der Waals surface area contributed by atoms with Crippen LogP contribution in [0.4, 0.5) is 21.9 Å². The van der Waals surface area contributed by atoms with E-state index in [1.807, 2.05) is 0 Å². The molecule has 3 heterocycles. The van der Waals surface area contributed by atoms with Gasteiger partial charge in [-0.15, -0.1) is 0 Å². The summed E-state index contributed by atoms with van der Waals surface area (Å²) >= 11 is 0. The minimum Gasteiger partial charge on any atom is -0.395 e. The number of aryl methyl sites for hydroxylation is 1. The van der Waals surface area contributed by atoms with Crippen LogP contribution in [0.5, 0.6) is 0 Å². The van der Waals surface area contributed by atoms with Crippen molar-refractivity contribution in [3.63, 3.8) is 0 Å². The van der Waals surface area contributed by atoms with Gasteiger partial charge in [0.15, 0.2) is 5.76 Å². The van der Waals surface area contributed by atoms with Crippen molar-refractivity contribution in [2.45, 2.75) is 32.7 Å². The van der Waals surface area contributed by atoms with Gasteiger partial charge in [0, 0.05) is 36.7 Å². The average Bonchev–Trinajstić information content (AvgIpc) is 3.29. The number of furan rings is 1. The number of anilines is 2. The SMILES string of the molecule is Cc1cc(F)ccc1N(Cc1cnc(N2CCCCC2)nc1)C(=O)c1ccc([N+](=O)[O-])o1. The molecule has 1 fully saturated rings. The molecule has 0 bridgehead atoms. The molecule has 1 aliphatic rings. The molecule has 0 N–H and O–H groups in total. The Bertz CT molecular complexity index is 1130. The van der Waals surface area contributed by atoms with E-state index in [0.29, 0.717) is 22.8 Å². The Balaban J connectivity index is 1.62. The van der Waals surface area contributed by atoms with Gasteiger partial charge in [0.05, 0.1) is 12.6 Å². The van der Waals surface area contributed by atoms with Crippen molar-refractivity contribution >= 4 is 23.4 Å². The first-order chi connectivity index (χ1) is 15.4. The second-order valence-corrected chi connectivity index (χ2v) is 7.66. The molecule has 0 spiro atoms. The number of piperidine rings is 1. The summed E-state index contributed by atoms with van der Waals surface area (Å²) in [5.41, 5.74) is 1.64. The first-order valence-corrected chi connectivity index (χ1v) is 10.3. The minimum atomic E-state index is -0.711. The number of aromatic nitrogens is 2. The van der Waals surface area contributed by atoms with E-state index in [1.54, 1.807) is 19.3 Å². The van der Waals surface area contributed by atoms with E-state index in [-0.39, 0.29) is 12.3 Å². The highest BCUT2D eigenvalue weighted by molar-refractivity contribution is 6.04. The van der Waals surface area contributed by atoms with Crippen LogP contribution < -0.4 is 9.80 Å². The molecule has 9 nitrogen and oxygen atoms in total. The smallest absolute Gasteiger partial charge is 0.395 e. The summed E-state index contributed by atoms with van der Waals surface area (Å²) in [5, 5.41) is 10.9. The highest BCUT2D eigenvalue weighted by Crippen LogP contribution is 2.27. The summed E-state index contributed by atoms with van der Waals surface area (Å²) < 4.78 is 18.8. The van der Waals surface area contributed by atoms with Crippen LogP contribution in [0.25, 0.3) is 0 Å². The molecule has 1 aliphatic heterocycles. The van der Waals surface area contributed by atoms with Crippen LogP contribution in [0, 0.1) is 22.9 Å². The summed E-state index contributed by atoms with van der Waals surface area (Å²) in [6, 6.07) is 6.43. The maximum absolute atomic E-state index is 13.7. The largest absolute Gasteiger partial charge is 0.433 e. The Labute approximate surface area is 183 Å². The molecule has 1 saturated heterocycles. The van der Waals surface area contributed by atoms with E-state index in [4.69, 9.17) is 4.42 Å². The monoisotopic (exact) mass is 439 g/mol. The number of hydrogen-bond acceptors (Lipinski definition) is 7. The molecule has 32 heavy (non-hydrogen) atoms. The number of halogens is 1. The standard InChI is InChI=1S/C22H22FN5O4/c1-15-11-17(23)5-6-18(15)27(21(29)19-7-8-20(32-19)28(30)31)14-16-12-24-22(25-13-16)26-9-3-2-4-10-26/h5-8,11-13H,2-4,9-10,14H2,1H3. The fourth-order valence-electron chi connectivity index (χ4n) is 3.73. The van der Waals surface area contributed by atoms with Gasteiger partial charge in [0.2, 0.25) is 5.95 Å². The number of benzene rings is 1. The van der Waals surface area contributed by atoms with Crippen molar-refractivity contribution in [3.05, 3.63) is 75.5 Å². The summed E-state index contributed by atoms with van der Waals surface area (Å²) in [5.74, 6) is -1.09. The lowest BCUT2D eigenvalue weighted by atomic mass is 10.1. The molecular weight excluding hydrogens is 417 g/mol. The van der Waals surface area contributed by atoms with Crippen LogP contribution in [0.15, 0.2) is 47.1 Å². The third kappa shape index (κ3) is 4.58. The molecule has 1 amide bonds. The molecule has 3 aromatic rings. The zero-order valence-corrected chi connectivity index (χ0v) is 17.5. The number of carbonyl (C=O) groups is 1. The molecule has 0 aliphatic carbocycles. The number of nitro groups is 1. The van der Waals surface area contributed by atoms with Crippen molar-refractivity contribution < 1.29 is 18.5 Å². The third-order valence-electron chi connectivity index (χ3n) is 5.35. The van der Waals surface area contributed by atoms with Crippen LogP contribution in [0.1, 0.15) is 40.9 Å². The Hall–Kier alpha value is -3.82. The molecule has 4 rings (SSSR count). The first kappa shape index (κ1) is 21.4. The maximum atomic E-state index is 13.7. The number of amides is 1. The van der Waals surface area contributed by atoms with Gasteiger partial charge in [-0.05, 0) is 56.0 Å². The lowest BCUT2D eigenvalue weighted by Gasteiger charge is -2.27. The van der Waals surface area contributed by atoms with E-state index in [2.05, 4.69) is 14.9 Å². The second kappa shape index (κ2) is 9.13. The molecule has 0 saturated carbocycles. The lowest BCUT2D eigenvalue weighted by Crippen LogP contribution is -2.32. The van der Waals surface area contributed by atoms with Gasteiger partial charge in [-0.1, -0.05) is 0 Å². The quantitative estimate of drug-likeness (QED) is 0.417. The van der Waals surface area contributed by atoms with Crippen molar-refractivity contribution in [3.8, 4) is 0 Å². The molecule has 2 aromatic heterocycles. The van der Waals surface area contributed by atoms with Crippen LogP contribution in [-0.2, 0) is 6.54 Å². The summed E-state index contributed by atoms with van der Waals surface area (Å²) in [6.45, 7) is 3.59. The normalized spacial score (nSPS) is 13.8. The van der Waals surface area contributed by atoms with Gasteiger partial charge < -0.3 is 14.2 Å². The van der Waals surface area contributed by atoms with Crippen molar-refractivity contribution in [1.82, 2.24) is 9.97 Å². The Morgan fingerprint density at radius 1 is 1.19 bits per heavy atom. The predicted octanol–water partition coefficient (Wildman–Crippen LogP) is 4.26. The third-order valence-corrected chi connectivity index (χ3v) is 5.35. The first-order valence-electron chi connectivity index (χ1n) is 10.3. The topological polar surface area (TPSA) is 106 Å². The van der Waals surface area contributed by atoms with Gasteiger partial charge in [0.1, 0.15) is 10.7 Å². The fraction of sp³-hybridized carbons (Fsp3) is 0.318. The van der Waals surface area contributed by atoms with Gasteiger partial charge >= 0.3 is 5.88 Å². The van der Waals surface area contributed by atoms with E-state index in [1.165, 1.54) is 35.6 Å². The fourth-order valence-corrected chi connectivity index (χ4v) is 3.73. The zero-order valence-electron chi connectivity index (χ0n) is 17.5. The predicted molar refractivity (Wildman–Crippen MR) is 115 cm³/mol. The van der Waals surface area contributed by atoms with Crippen molar-refractivity contribution in [2.75, 3.05) is 22.9 Å². The number of rotatable bonds is 6. The average molecular weight is 439 g/mol. The molecule has 0 radical (unpaired) electrons. The van der Waals surface area contributed by atoms with Crippen LogP contribution in [0.2, 0.25) is 0 Å². The van der Waals surface area contributed by atoms with E-state index < -0.39 is 22.5 Å². The van der Waals surface area contributed by atoms with Crippen molar-refractivity contribution in [2.24, 2.45) is 0 Å². The summed E-state index contributed by atoms with van der Waals surface area (Å²) in [4.78, 5) is 35.8. The van der Waals surface area contributed by atoms with Gasteiger partial charge in [0.25, 0.3) is 5.91 Å². The molecule has 1 aromatic carbocycles. The van der Waals surface area contributed by atoms with Gasteiger partial charge in [-0.3, -0.25) is 14.9 Å². The van der Waals surface area contributed by atoms with Crippen LogP contribution >= 0.6 is 0 Å². The van der Waals surface area contributed by atoms with E-state index in [0.717, 1.165) is 32.0 Å². The number of carbonyl (C=O) groups excluding carboxylic acids is 1. The van der Waals surface area contributed by atoms with E-state index >= 15 is 0 Å². The molecule has 10 heteroatoms. The molecule has 166 valence electrons. The van der Waals surface area contributed by atoms with Gasteiger partial charge in [-0.25, -0.2) is 14.4 Å². The van der Waals surface area contributed by atoms with Gasteiger partial charge in [-0.2, -0.15) is 0 Å². The highest BCUT2D eigenvalue weighted by atomic mass is 19.1. The van der Waals surface area contributed by atoms with Crippen molar-refractivity contribution in [1.29, 1.82) is 0 Å². The minimum absolute atomic E-state index is 0.0834. The second-order valence-electron chi connectivity index (χ2n) is 7.66. The Morgan fingerprint density at radius 2 is 1.91 bits per heavy atom. The molecular formula is C22H22FN5O4. The Kier molecular flexibility index (Phi) is 6.11. The molecule has 0 unspecified atom stereocenters. The maximum Gasteiger partial charge on any atom is 0.433 e. The Morgan fingerprint density at radius 3 is 2.53 bits per heavy atom. The number of nitrogens with zero attached hydrogens (tertiary/aromatic N) is 5.